The van der Waals surface area contributed by atoms with E-state index in [0.29, 0.717) is 12.1 Å². The minimum Gasteiger partial charge on any atom is -0.378 e. The third-order valence-electron chi connectivity index (χ3n) is 4.18. The molecule has 1 aromatic rings. The summed E-state index contributed by atoms with van der Waals surface area (Å²) in [5, 5.41) is 3.63. The van der Waals surface area contributed by atoms with Gasteiger partial charge in [0.1, 0.15) is 0 Å². The molecule has 0 saturated carbocycles. The Morgan fingerprint density at radius 3 is 3.00 bits per heavy atom. The third-order valence-corrected chi connectivity index (χ3v) is 4.18. The van der Waals surface area contributed by atoms with E-state index in [0.717, 1.165) is 26.0 Å². The van der Waals surface area contributed by atoms with Crippen molar-refractivity contribution in [1.82, 2.24) is 5.32 Å². The Labute approximate surface area is 123 Å². The van der Waals surface area contributed by atoms with Crippen LogP contribution in [0.2, 0.25) is 0 Å². The molecule has 2 atom stereocenters. The van der Waals surface area contributed by atoms with E-state index in [4.69, 9.17) is 4.74 Å². The molecule has 1 saturated heterocycles. The van der Waals surface area contributed by atoms with Gasteiger partial charge in [0.05, 0.1) is 6.10 Å². The first-order valence-corrected chi connectivity index (χ1v) is 8.14. The zero-order valence-electron chi connectivity index (χ0n) is 13.0. The Morgan fingerprint density at radius 1 is 1.35 bits per heavy atom. The summed E-state index contributed by atoms with van der Waals surface area (Å²) in [7, 11) is 0. The molecule has 0 amide bonds. The van der Waals surface area contributed by atoms with Crippen molar-refractivity contribution in [2.45, 2.75) is 64.5 Å². The topological polar surface area (TPSA) is 21.3 Å². The van der Waals surface area contributed by atoms with Crippen LogP contribution in [-0.2, 0) is 11.2 Å². The number of hydrogen-bond acceptors (Lipinski definition) is 2. The van der Waals surface area contributed by atoms with Crippen LogP contribution in [0.25, 0.3) is 0 Å². The first-order chi connectivity index (χ1) is 9.74. The summed E-state index contributed by atoms with van der Waals surface area (Å²) in [4.78, 5) is 0. The summed E-state index contributed by atoms with van der Waals surface area (Å²) < 4.78 is 5.76. The molecule has 2 rings (SSSR count). The second-order valence-corrected chi connectivity index (χ2v) is 6.16. The highest BCUT2D eigenvalue weighted by Gasteiger charge is 2.13. The van der Waals surface area contributed by atoms with E-state index in [2.05, 4.69) is 43.4 Å². The zero-order valence-corrected chi connectivity index (χ0v) is 13.0. The molecule has 0 aromatic heterocycles. The molecule has 1 fully saturated rings. The van der Waals surface area contributed by atoms with Gasteiger partial charge in [-0.15, -0.1) is 0 Å². The fourth-order valence-corrected chi connectivity index (χ4v) is 2.88. The van der Waals surface area contributed by atoms with Gasteiger partial charge < -0.3 is 10.1 Å². The van der Waals surface area contributed by atoms with Gasteiger partial charge in [0.25, 0.3) is 0 Å². The van der Waals surface area contributed by atoms with E-state index < -0.39 is 0 Å². The molecule has 2 unspecified atom stereocenters. The largest absolute Gasteiger partial charge is 0.378 e. The van der Waals surface area contributed by atoms with Crippen molar-refractivity contribution in [1.29, 1.82) is 0 Å². The Morgan fingerprint density at radius 2 is 2.25 bits per heavy atom. The summed E-state index contributed by atoms with van der Waals surface area (Å²) in [5.74, 6) is 0. The third kappa shape index (κ3) is 5.64. The first kappa shape index (κ1) is 15.5. The standard InChI is InChI=1S/C18H29NO/c1-15-6-5-7-17(14-15)10-9-16(2)19-12-11-18-8-3-4-13-20-18/h5-7,14,16,18-19H,3-4,8-13H2,1-2H3. The van der Waals surface area contributed by atoms with Crippen LogP contribution in [0.5, 0.6) is 0 Å². The highest BCUT2D eigenvalue weighted by molar-refractivity contribution is 5.22. The number of ether oxygens (including phenoxy) is 1. The summed E-state index contributed by atoms with van der Waals surface area (Å²) in [5.41, 5.74) is 2.81. The molecule has 1 aliphatic rings. The smallest absolute Gasteiger partial charge is 0.0587 e. The molecular formula is C18H29NO. The van der Waals surface area contributed by atoms with Crippen molar-refractivity contribution in [2.75, 3.05) is 13.2 Å². The van der Waals surface area contributed by atoms with Gasteiger partial charge in [0.2, 0.25) is 0 Å². The minimum absolute atomic E-state index is 0.500. The second-order valence-electron chi connectivity index (χ2n) is 6.16. The van der Waals surface area contributed by atoms with Crippen molar-refractivity contribution in [3.8, 4) is 0 Å². The van der Waals surface area contributed by atoms with Gasteiger partial charge in [-0.1, -0.05) is 29.8 Å². The van der Waals surface area contributed by atoms with E-state index in [1.807, 2.05) is 0 Å². The SMILES string of the molecule is Cc1cccc(CCC(C)NCCC2CCCCO2)c1. The number of nitrogens with one attached hydrogen (secondary N) is 1. The Balaban J connectivity index is 1.59. The average Bonchev–Trinajstić information content (AvgIpc) is 2.46. The Bertz CT molecular complexity index is 385. The molecule has 0 radical (unpaired) electrons. The maximum atomic E-state index is 5.76. The summed E-state index contributed by atoms with van der Waals surface area (Å²) >= 11 is 0. The number of aryl methyl sites for hydroxylation is 2. The zero-order chi connectivity index (χ0) is 14.2. The van der Waals surface area contributed by atoms with Gasteiger partial charge in [0, 0.05) is 12.6 Å². The van der Waals surface area contributed by atoms with Crippen LogP contribution in [0.1, 0.15) is 50.2 Å². The lowest BCUT2D eigenvalue weighted by Gasteiger charge is -2.23. The number of hydrogen-bond donors (Lipinski definition) is 1. The summed E-state index contributed by atoms with van der Waals surface area (Å²) in [6.07, 6.45) is 7.86. The Hall–Kier alpha value is -0.860. The highest BCUT2D eigenvalue weighted by atomic mass is 16.5. The number of benzene rings is 1. The van der Waals surface area contributed by atoms with Crippen molar-refractivity contribution >= 4 is 0 Å². The quantitative estimate of drug-likeness (QED) is 0.815. The summed E-state index contributed by atoms with van der Waals surface area (Å²) in [6.45, 7) is 6.50. The van der Waals surface area contributed by atoms with Crippen LogP contribution in [0.15, 0.2) is 24.3 Å². The lowest BCUT2D eigenvalue weighted by atomic mass is 10.0. The molecular weight excluding hydrogens is 246 g/mol. The van der Waals surface area contributed by atoms with Crippen LogP contribution in [0.4, 0.5) is 0 Å². The molecule has 2 heteroatoms. The van der Waals surface area contributed by atoms with Crippen LogP contribution < -0.4 is 5.32 Å². The van der Waals surface area contributed by atoms with Crippen molar-refractivity contribution in [3.05, 3.63) is 35.4 Å². The molecule has 0 spiro atoms. The molecule has 112 valence electrons. The second kappa shape index (κ2) is 8.43. The maximum Gasteiger partial charge on any atom is 0.0587 e. The molecule has 20 heavy (non-hydrogen) atoms. The monoisotopic (exact) mass is 275 g/mol. The van der Waals surface area contributed by atoms with Gasteiger partial charge in [0.15, 0.2) is 0 Å². The van der Waals surface area contributed by atoms with Crippen LogP contribution in [-0.4, -0.2) is 25.3 Å². The lowest BCUT2D eigenvalue weighted by molar-refractivity contribution is 0.0112. The maximum absolute atomic E-state index is 5.76. The van der Waals surface area contributed by atoms with Gasteiger partial charge in [-0.2, -0.15) is 0 Å². The minimum atomic E-state index is 0.500. The normalized spacial score (nSPS) is 20.8. The van der Waals surface area contributed by atoms with E-state index in [-0.39, 0.29) is 0 Å². The number of rotatable bonds is 7. The molecule has 0 aliphatic carbocycles. The van der Waals surface area contributed by atoms with E-state index >= 15 is 0 Å². The van der Waals surface area contributed by atoms with E-state index in [9.17, 15) is 0 Å². The summed E-state index contributed by atoms with van der Waals surface area (Å²) in [6, 6.07) is 9.43. The highest BCUT2D eigenvalue weighted by Crippen LogP contribution is 2.15. The van der Waals surface area contributed by atoms with Crippen molar-refractivity contribution in [2.24, 2.45) is 0 Å². The predicted molar refractivity (Wildman–Crippen MR) is 85.2 cm³/mol. The van der Waals surface area contributed by atoms with E-state index in [1.165, 1.54) is 36.8 Å². The van der Waals surface area contributed by atoms with Gasteiger partial charge in [-0.25, -0.2) is 0 Å². The van der Waals surface area contributed by atoms with Gasteiger partial charge in [-0.05, 0) is 64.5 Å². The average molecular weight is 275 g/mol. The molecule has 0 bridgehead atoms. The van der Waals surface area contributed by atoms with Gasteiger partial charge in [-0.3, -0.25) is 0 Å². The fourth-order valence-electron chi connectivity index (χ4n) is 2.88. The van der Waals surface area contributed by atoms with Gasteiger partial charge >= 0.3 is 0 Å². The molecule has 2 nitrogen and oxygen atoms in total. The van der Waals surface area contributed by atoms with E-state index in [1.54, 1.807) is 0 Å². The van der Waals surface area contributed by atoms with Crippen molar-refractivity contribution < 1.29 is 4.74 Å². The predicted octanol–water partition coefficient (Wildman–Crippen LogP) is 3.86. The lowest BCUT2D eigenvalue weighted by Crippen LogP contribution is -2.31. The molecule has 1 aromatic carbocycles. The molecule has 1 N–H and O–H groups in total. The van der Waals surface area contributed by atoms with Crippen LogP contribution in [0.3, 0.4) is 0 Å². The molecule has 1 heterocycles. The fraction of sp³-hybridized carbons (Fsp3) is 0.667. The van der Waals surface area contributed by atoms with Crippen LogP contribution in [0, 0.1) is 6.92 Å². The molecule has 1 aliphatic heterocycles. The van der Waals surface area contributed by atoms with Crippen molar-refractivity contribution in [3.63, 3.8) is 0 Å². The Kier molecular flexibility index (Phi) is 6.55. The first-order valence-electron chi connectivity index (χ1n) is 8.14. The van der Waals surface area contributed by atoms with Crippen LogP contribution >= 0.6 is 0 Å².